The number of aliphatic hydroxyl groups is 1. The number of nitrogens with zero attached hydrogens (tertiary/aromatic N) is 1. The number of benzene rings is 1. The van der Waals surface area contributed by atoms with E-state index in [0.717, 1.165) is 0 Å². The number of alkyl halides is 3. The molecule has 338 valence electrons. The van der Waals surface area contributed by atoms with Gasteiger partial charge in [0.25, 0.3) is 0 Å². The van der Waals surface area contributed by atoms with Gasteiger partial charge in [-0.05, 0) is 43.1 Å². The van der Waals surface area contributed by atoms with Gasteiger partial charge in [-0.3, -0.25) is 38.6 Å². The Morgan fingerprint density at radius 3 is 1.50 bits per heavy atom. The number of amides is 7. The molecule has 21 nitrogen and oxygen atoms in total. The van der Waals surface area contributed by atoms with Crippen LogP contribution >= 0.6 is 0 Å². The lowest BCUT2D eigenvalue weighted by molar-refractivity contribution is -0.192. The van der Waals surface area contributed by atoms with Crippen LogP contribution in [-0.2, 0) is 44.8 Å². The smallest absolute Gasteiger partial charge is 0.475 e. The Kier molecular flexibility index (Phi) is 24.2. The van der Waals surface area contributed by atoms with Crippen molar-refractivity contribution in [2.24, 2.45) is 45.5 Å². The quantitative estimate of drug-likeness (QED) is 0.0283. The molecule has 1 aromatic rings. The summed E-state index contributed by atoms with van der Waals surface area (Å²) >= 11 is 0. The number of carboxylic acids is 1. The molecule has 0 aliphatic rings. The summed E-state index contributed by atoms with van der Waals surface area (Å²) in [5.41, 5.74) is 27.7. The number of aliphatic carboxylic acids is 1. The van der Waals surface area contributed by atoms with Crippen molar-refractivity contribution in [3.05, 3.63) is 35.9 Å². The van der Waals surface area contributed by atoms with E-state index in [-0.39, 0.29) is 56.4 Å². The number of guanidine groups is 1. The molecule has 0 heterocycles. The molecule has 0 unspecified atom stereocenters. The Labute approximate surface area is 344 Å². The van der Waals surface area contributed by atoms with E-state index in [1.54, 1.807) is 30.3 Å². The van der Waals surface area contributed by atoms with Gasteiger partial charge >= 0.3 is 12.1 Å². The van der Waals surface area contributed by atoms with E-state index in [4.69, 9.17) is 38.6 Å². The fourth-order valence-corrected chi connectivity index (χ4v) is 5.11. The van der Waals surface area contributed by atoms with Crippen molar-refractivity contribution in [3.8, 4) is 0 Å². The van der Waals surface area contributed by atoms with E-state index in [1.165, 1.54) is 0 Å². The number of halogens is 3. The zero-order valence-electron chi connectivity index (χ0n) is 33.8. The zero-order valence-corrected chi connectivity index (χ0v) is 33.8. The van der Waals surface area contributed by atoms with Crippen molar-refractivity contribution in [3.63, 3.8) is 0 Å². The molecule has 0 aliphatic carbocycles. The summed E-state index contributed by atoms with van der Waals surface area (Å²) in [6, 6.07) is 1.29. The number of carboxylic acid groups (broad SMARTS) is 1. The average Bonchev–Trinajstić information content (AvgIpc) is 3.13. The number of primary amides is 2. The first-order chi connectivity index (χ1) is 27.8. The van der Waals surface area contributed by atoms with Gasteiger partial charge in [0.2, 0.25) is 41.4 Å². The number of rotatable bonds is 24. The molecule has 1 rings (SSSR count). The highest BCUT2D eigenvalue weighted by Crippen LogP contribution is 2.14. The van der Waals surface area contributed by atoms with Gasteiger partial charge in [0.15, 0.2) is 5.96 Å². The van der Waals surface area contributed by atoms with Gasteiger partial charge in [-0.2, -0.15) is 13.2 Å². The van der Waals surface area contributed by atoms with Crippen LogP contribution in [-0.4, -0.2) is 119 Å². The van der Waals surface area contributed by atoms with Crippen molar-refractivity contribution in [2.45, 2.75) is 109 Å². The first-order valence-corrected chi connectivity index (χ1v) is 18.6. The third kappa shape index (κ3) is 22.8. The summed E-state index contributed by atoms with van der Waals surface area (Å²) in [4.78, 5) is 103. The predicted octanol–water partition coefficient (Wildman–Crippen LogP) is -2.89. The molecule has 0 fully saturated rings. The highest BCUT2D eigenvalue weighted by molar-refractivity contribution is 5.97. The van der Waals surface area contributed by atoms with Crippen LogP contribution < -0.4 is 55.3 Å². The molecule has 6 atom stereocenters. The molecule has 0 saturated heterocycles. The largest absolute Gasteiger partial charge is 0.490 e. The topological polar surface area (TPSA) is 380 Å². The number of hydrogen-bond donors (Lipinski definition) is 12. The lowest BCUT2D eigenvalue weighted by Crippen LogP contribution is -2.60. The fourth-order valence-electron chi connectivity index (χ4n) is 5.11. The summed E-state index contributed by atoms with van der Waals surface area (Å²) in [5.74, 6) is -8.86. The summed E-state index contributed by atoms with van der Waals surface area (Å²) in [7, 11) is 0. The second-order valence-electron chi connectivity index (χ2n) is 14.4. The molecule has 60 heavy (non-hydrogen) atoms. The molecule has 0 bridgehead atoms. The van der Waals surface area contributed by atoms with Crippen LogP contribution in [0.3, 0.4) is 0 Å². The van der Waals surface area contributed by atoms with Crippen LogP contribution in [0.5, 0.6) is 0 Å². The van der Waals surface area contributed by atoms with Crippen LogP contribution in [0.25, 0.3) is 0 Å². The van der Waals surface area contributed by atoms with E-state index in [2.05, 4.69) is 31.6 Å². The monoisotopic (exact) mass is 861 g/mol. The van der Waals surface area contributed by atoms with Gasteiger partial charge < -0.3 is 65.5 Å². The maximum absolute atomic E-state index is 13.8. The number of carbonyl (C=O) groups excluding carboxylic acids is 7. The normalized spacial score (nSPS) is 14.1. The van der Waals surface area contributed by atoms with E-state index >= 15 is 0 Å². The van der Waals surface area contributed by atoms with Gasteiger partial charge in [-0.25, -0.2) is 4.79 Å². The Morgan fingerprint density at radius 1 is 0.683 bits per heavy atom. The maximum Gasteiger partial charge on any atom is 0.490 e. The second-order valence-corrected chi connectivity index (χ2v) is 14.4. The standard InChI is InChI=1S/C34H57N11O8.C2HF3O2/c1-18(2)13-24(31(51)41-22(11-8-12-40-34(38)39)30(50)42-23(28(37)48)16-27(36)47)44-32(52)25(14-19(3)4)45-33(53)26(43-29(49)21(35)17-46)15-20-9-6-5-7-10-20;3-2(4,5)1(6)7/h5-7,9-10,18-19,21-26,46H,8,11-17,35H2,1-4H3,(H2,36,47)(H2,37,48)(H,41,51)(H,42,50)(H,43,49)(H,44,52)(H,45,53)(H4,38,39,40);(H,6,7)/t21-,22-,23-,24-,25-,26-;/m0./s1. The van der Waals surface area contributed by atoms with Crippen LogP contribution in [0.2, 0.25) is 0 Å². The summed E-state index contributed by atoms with van der Waals surface area (Å²) in [6.07, 6.45) is -5.14. The first kappa shape index (κ1) is 54.0. The lowest BCUT2D eigenvalue weighted by atomic mass is 9.98. The van der Waals surface area contributed by atoms with E-state index in [1.807, 2.05) is 27.7 Å². The highest BCUT2D eigenvalue weighted by Gasteiger charge is 2.38. The van der Waals surface area contributed by atoms with Crippen molar-refractivity contribution >= 4 is 53.3 Å². The molecule has 17 N–H and O–H groups in total. The third-order valence-corrected chi connectivity index (χ3v) is 8.02. The van der Waals surface area contributed by atoms with Gasteiger partial charge in [-0.15, -0.1) is 0 Å². The van der Waals surface area contributed by atoms with E-state index in [0.29, 0.717) is 5.56 Å². The predicted molar refractivity (Wildman–Crippen MR) is 210 cm³/mol. The molecule has 7 amide bonds. The number of nitrogens with two attached hydrogens (primary N) is 5. The van der Waals surface area contributed by atoms with Crippen molar-refractivity contribution in [1.29, 1.82) is 0 Å². The second kappa shape index (κ2) is 26.9. The minimum atomic E-state index is -5.08. The SMILES string of the molecule is CC(C)C[C@H](NC(=O)[C@H](CC(C)C)NC(=O)[C@H](Cc1ccccc1)NC(=O)[C@@H](N)CO)C(=O)N[C@@H](CCCN=C(N)N)C(=O)N[C@@H](CC(N)=O)C(N)=O.O=C(O)C(F)(F)F. The lowest BCUT2D eigenvalue weighted by Gasteiger charge is -2.28. The minimum Gasteiger partial charge on any atom is -0.475 e. The van der Waals surface area contributed by atoms with E-state index < -0.39 is 103 Å². The molecule has 0 aliphatic heterocycles. The highest BCUT2D eigenvalue weighted by atomic mass is 19.4. The fraction of sp³-hybridized carbons (Fsp3) is 0.583. The van der Waals surface area contributed by atoms with Crippen LogP contribution in [0.15, 0.2) is 35.3 Å². The average molecular weight is 862 g/mol. The van der Waals surface area contributed by atoms with Gasteiger partial charge in [0.1, 0.15) is 36.3 Å². The van der Waals surface area contributed by atoms with Crippen LogP contribution in [0.4, 0.5) is 13.2 Å². The number of aliphatic hydroxyl groups excluding tert-OH is 1. The molecule has 0 aromatic heterocycles. The first-order valence-electron chi connectivity index (χ1n) is 18.6. The molecule has 1 aromatic carbocycles. The molecule has 0 radical (unpaired) electrons. The van der Waals surface area contributed by atoms with Crippen molar-refractivity contribution in [1.82, 2.24) is 26.6 Å². The molecular formula is C36H58F3N11O10. The van der Waals surface area contributed by atoms with Crippen molar-refractivity contribution < 1.29 is 61.7 Å². The van der Waals surface area contributed by atoms with E-state index in [9.17, 15) is 51.8 Å². The summed E-state index contributed by atoms with van der Waals surface area (Å²) < 4.78 is 31.7. The molecular weight excluding hydrogens is 803 g/mol. The van der Waals surface area contributed by atoms with Crippen molar-refractivity contribution in [2.75, 3.05) is 13.2 Å². The van der Waals surface area contributed by atoms with Crippen LogP contribution in [0, 0.1) is 11.8 Å². The summed E-state index contributed by atoms with van der Waals surface area (Å²) in [5, 5.41) is 29.4. The van der Waals surface area contributed by atoms with Gasteiger partial charge in [0.05, 0.1) is 13.0 Å². The Morgan fingerprint density at radius 2 is 1.10 bits per heavy atom. The molecule has 0 saturated carbocycles. The number of hydrogen-bond acceptors (Lipinski definition) is 11. The number of nitrogens with one attached hydrogen (secondary N) is 5. The zero-order chi connectivity index (χ0) is 46.3. The number of aliphatic imine (C=N–C) groups is 1. The Hall–Kier alpha value is -6.04. The third-order valence-electron chi connectivity index (χ3n) is 8.02. The van der Waals surface area contributed by atoms with Crippen LogP contribution in [0.1, 0.15) is 65.4 Å². The molecule has 0 spiro atoms. The summed E-state index contributed by atoms with van der Waals surface area (Å²) in [6.45, 7) is 6.74. The van der Waals surface area contributed by atoms with Gasteiger partial charge in [-0.1, -0.05) is 58.0 Å². The van der Waals surface area contributed by atoms with Gasteiger partial charge in [0, 0.05) is 13.0 Å². The Balaban J connectivity index is 0.00000453. The minimum absolute atomic E-state index is 0.0146. The molecule has 24 heteroatoms. The number of carbonyl (C=O) groups is 8. The Bertz CT molecular complexity index is 1630. The maximum atomic E-state index is 13.8.